The minimum Gasteiger partial charge on any atom is -0.508 e. The van der Waals surface area contributed by atoms with Gasteiger partial charge >= 0.3 is 0 Å². The number of carbonyl (C=O) groups excluding carboxylic acids is 1. The number of primary amides is 1. The van der Waals surface area contributed by atoms with Gasteiger partial charge in [0.25, 0.3) is 0 Å². The van der Waals surface area contributed by atoms with Crippen LogP contribution in [0.25, 0.3) is 0 Å². The van der Waals surface area contributed by atoms with Crippen LogP contribution < -0.4 is 5.73 Å². The lowest BCUT2D eigenvalue weighted by molar-refractivity contribution is -0.115. The van der Waals surface area contributed by atoms with Crippen LogP contribution in [0, 0.1) is 6.92 Å². The lowest BCUT2D eigenvalue weighted by atomic mass is 10.3. The highest BCUT2D eigenvalue weighted by atomic mass is 16.3. The van der Waals surface area contributed by atoms with E-state index in [4.69, 9.17) is 10.2 Å². The summed E-state index contributed by atoms with van der Waals surface area (Å²) < 4.78 is 0. The summed E-state index contributed by atoms with van der Waals surface area (Å²) in [6.07, 6.45) is 1.48. The minimum atomic E-state index is -0.333. The summed E-state index contributed by atoms with van der Waals surface area (Å²) in [6, 6.07) is 17.4. The van der Waals surface area contributed by atoms with E-state index in [0.717, 1.165) is 5.82 Å². The SMILES string of the molecule is CC.CC.CC.CC(N)=O.Cc1ncn[nH]1.Oc1ccccc1.Oc1ccccc1. The summed E-state index contributed by atoms with van der Waals surface area (Å²) in [7, 11) is 0. The van der Waals surface area contributed by atoms with E-state index in [-0.39, 0.29) is 5.91 Å². The number of aryl methyl sites for hydroxylation is 1. The fourth-order valence-corrected chi connectivity index (χ4v) is 1.12. The van der Waals surface area contributed by atoms with Gasteiger partial charge in [0.1, 0.15) is 23.7 Å². The van der Waals surface area contributed by atoms with Crippen LogP contribution in [0.3, 0.4) is 0 Å². The van der Waals surface area contributed by atoms with E-state index >= 15 is 0 Å². The van der Waals surface area contributed by atoms with Gasteiger partial charge in [-0.2, -0.15) is 5.10 Å². The van der Waals surface area contributed by atoms with E-state index in [2.05, 4.69) is 20.9 Å². The summed E-state index contributed by atoms with van der Waals surface area (Å²) in [6.45, 7) is 15.2. The van der Waals surface area contributed by atoms with E-state index in [1.807, 2.05) is 60.6 Å². The summed E-state index contributed by atoms with van der Waals surface area (Å²) in [5.41, 5.74) is 4.47. The summed E-state index contributed by atoms with van der Waals surface area (Å²) >= 11 is 0. The number of phenolic OH excluding ortho intramolecular Hbond substituents is 2. The molecule has 30 heavy (non-hydrogen) atoms. The number of aromatic amines is 1. The number of hydrogen-bond donors (Lipinski definition) is 4. The number of carbonyl (C=O) groups is 1. The number of benzene rings is 2. The van der Waals surface area contributed by atoms with Crippen LogP contribution in [0.5, 0.6) is 11.5 Å². The van der Waals surface area contributed by atoms with Gasteiger partial charge in [0, 0.05) is 6.92 Å². The van der Waals surface area contributed by atoms with Crippen molar-refractivity contribution in [2.75, 3.05) is 0 Å². The van der Waals surface area contributed by atoms with Crippen molar-refractivity contribution in [1.29, 1.82) is 0 Å². The van der Waals surface area contributed by atoms with Gasteiger partial charge in [-0.05, 0) is 31.2 Å². The number of nitrogens with one attached hydrogen (secondary N) is 1. The first-order chi connectivity index (χ1) is 14.4. The predicted molar refractivity (Wildman–Crippen MR) is 126 cm³/mol. The van der Waals surface area contributed by atoms with Gasteiger partial charge in [-0.15, -0.1) is 0 Å². The number of aromatic nitrogens is 3. The van der Waals surface area contributed by atoms with Crippen LogP contribution in [0.15, 0.2) is 67.0 Å². The van der Waals surface area contributed by atoms with Crippen molar-refractivity contribution in [1.82, 2.24) is 15.2 Å². The molecule has 0 saturated heterocycles. The molecular weight excluding hydrogens is 380 g/mol. The van der Waals surface area contributed by atoms with Crippen molar-refractivity contribution in [2.45, 2.75) is 55.4 Å². The predicted octanol–water partition coefficient (Wildman–Crippen LogP) is 5.47. The molecule has 1 amide bonds. The molecule has 1 heterocycles. The Bertz CT molecular complexity index is 605. The zero-order valence-corrected chi connectivity index (χ0v) is 19.6. The molecule has 0 aliphatic carbocycles. The van der Waals surface area contributed by atoms with Gasteiger partial charge < -0.3 is 15.9 Å². The molecule has 5 N–H and O–H groups in total. The van der Waals surface area contributed by atoms with Crippen LogP contribution in [0.2, 0.25) is 0 Å². The molecule has 1 aromatic heterocycles. The fraction of sp³-hybridized carbons (Fsp3) is 0.348. The zero-order valence-electron chi connectivity index (χ0n) is 19.6. The molecule has 0 fully saturated rings. The Morgan fingerprint density at radius 3 is 1.20 bits per heavy atom. The Morgan fingerprint density at radius 1 is 0.800 bits per heavy atom. The maximum Gasteiger partial charge on any atom is 0.214 e. The molecule has 170 valence electrons. The average Bonchev–Trinajstić information content (AvgIpc) is 3.25. The number of phenols is 2. The molecule has 0 saturated carbocycles. The van der Waals surface area contributed by atoms with Crippen LogP contribution in [0.1, 0.15) is 54.3 Å². The molecule has 0 unspecified atom stereocenters. The molecule has 0 aliphatic rings. The van der Waals surface area contributed by atoms with Gasteiger partial charge in [0.15, 0.2) is 0 Å². The van der Waals surface area contributed by atoms with Crippen LogP contribution in [-0.2, 0) is 4.79 Å². The molecular formula is C23H40N4O3. The van der Waals surface area contributed by atoms with Crippen molar-refractivity contribution in [3.8, 4) is 11.5 Å². The number of H-pyrrole nitrogens is 1. The largest absolute Gasteiger partial charge is 0.508 e. The third kappa shape index (κ3) is 35.7. The topological polar surface area (TPSA) is 125 Å². The average molecular weight is 421 g/mol. The molecule has 0 radical (unpaired) electrons. The van der Waals surface area contributed by atoms with Crippen molar-refractivity contribution in [2.24, 2.45) is 5.73 Å². The Labute approximate surface area is 182 Å². The molecule has 2 aromatic carbocycles. The van der Waals surface area contributed by atoms with Gasteiger partial charge in [-0.1, -0.05) is 77.9 Å². The van der Waals surface area contributed by atoms with E-state index in [9.17, 15) is 4.79 Å². The first kappa shape index (κ1) is 34.2. The number of amides is 1. The Hall–Kier alpha value is -3.35. The molecule has 0 aliphatic heterocycles. The first-order valence-electron chi connectivity index (χ1n) is 9.97. The van der Waals surface area contributed by atoms with Gasteiger partial charge in [0.05, 0.1) is 0 Å². The molecule has 0 spiro atoms. The highest BCUT2D eigenvalue weighted by Crippen LogP contribution is 2.03. The van der Waals surface area contributed by atoms with Crippen LogP contribution >= 0.6 is 0 Å². The Kier molecular flexibility index (Phi) is 34.6. The number of para-hydroxylation sites is 2. The lowest BCUT2D eigenvalue weighted by Crippen LogP contribution is -2.01. The highest BCUT2D eigenvalue weighted by Gasteiger charge is 1.76. The fourth-order valence-electron chi connectivity index (χ4n) is 1.12. The smallest absolute Gasteiger partial charge is 0.214 e. The quantitative estimate of drug-likeness (QED) is 0.384. The second-order valence-electron chi connectivity index (χ2n) is 4.35. The molecule has 7 heteroatoms. The number of rotatable bonds is 0. The van der Waals surface area contributed by atoms with Crippen molar-refractivity contribution < 1.29 is 15.0 Å². The summed E-state index contributed by atoms with van der Waals surface area (Å²) in [5.74, 6) is 1.17. The molecule has 0 atom stereocenters. The molecule has 7 nitrogen and oxygen atoms in total. The zero-order chi connectivity index (χ0) is 24.2. The minimum absolute atomic E-state index is 0.322. The number of nitrogens with zero attached hydrogens (tertiary/aromatic N) is 2. The first-order valence-corrected chi connectivity index (χ1v) is 9.97. The standard InChI is InChI=1S/2C6H6O.C3H5N3.C2H5NO.3C2H6/c2*7-6-4-2-1-3-5-6;1-3-4-2-5-6-3;1-2(3)4;3*1-2/h2*1-5,7H;2H,1H3,(H,4,5,6);1H3,(H2,3,4);3*1-2H3. The van der Waals surface area contributed by atoms with E-state index < -0.39 is 0 Å². The van der Waals surface area contributed by atoms with E-state index in [0.29, 0.717) is 11.5 Å². The van der Waals surface area contributed by atoms with Crippen molar-refractivity contribution in [3.05, 3.63) is 72.8 Å². The second kappa shape index (κ2) is 30.4. The number of nitrogens with two attached hydrogens (primary N) is 1. The maximum atomic E-state index is 9.22. The molecule has 0 bridgehead atoms. The van der Waals surface area contributed by atoms with Gasteiger partial charge in [0.2, 0.25) is 5.91 Å². The molecule has 3 aromatic rings. The van der Waals surface area contributed by atoms with Crippen molar-refractivity contribution in [3.63, 3.8) is 0 Å². The number of aromatic hydroxyl groups is 2. The van der Waals surface area contributed by atoms with E-state index in [1.54, 1.807) is 48.5 Å². The third-order valence-electron chi connectivity index (χ3n) is 2.05. The summed E-state index contributed by atoms with van der Waals surface area (Å²) in [4.78, 5) is 13.0. The van der Waals surface area contributed by atoms with Crippen LogP contribution in [-0.4, -0.2) is 31.3 Å². The second-order valence-corrected chi connectivity index (χ2v) is 4.35. The van der Waals surface area contributed by atoms with Gasteiger partial charge in [-0.25, -0.2) is 4.98 Å². The highest BCUT2D eigenvalue weighted by molar-refractivity contribution is 5.70. The number of hydrogen-bond acceptors (Lipinski definition) is 5. The Morgan fingerprint density at radius 2 is 1.10 bits per heavy atom. The third-order valence-corrected chi connectivity index (χ3v) is 2.05. The normalized spacial score (nSPS) is 7.20. The Balaban J connectivity index is -0.000000141. The van der Waals surface area contributed by atoms with E-state index in [1.165, 1.54) is 13.3 Å². The van der Waals surface area contributed by atoms with Crippen LogP contribution in [0.4, 0.5) is 0 Å². The summed E-state index contributed by atoms with van der Waals surface area (Å²) in [5, 5.41) is 23.5. The molecule has 3 rings (SSSR count). The van der Waals surface area contributed by atoms with Crippen molar-refractivity contribution >= 4 is 5.91 Å². The maximum absolute atomic E-state index is 9.22. The van der Waals surface area contributed by atoms with Gasteiger partial charge in [-0.3, -0.25) is 9.89 Å². The monoisotopic (exact) mass is 420 g/mol. The lowest BCUT2D eigenvalue weighted by Gasteiger charge is -1.82.